The highest BCUT2D eigenvalue weighted by Gasteiger charge is 2.13. The molecule has 1 aliphatic rings. The molecule has 2 nitrogen and oxygen atoms in total. The van der Waals surface area contributed by atoms with E-state index in [1.165, 1.54) is 32.1 Å². The van der Waals surface area contributed by atoms with Gasteiger partial charge in [-0.3, -0.25) is 0 Å². The van der Waals surface area contributed by atoms with E-state index >= 15 is 0 Å². The van der Waals surface area contributed by atoms with E-state index in [1.54, 1.807) is 0 Å². The summed E-state index contributed by atoms with van der Waals surface area (Å²) in [5.74, 6) is 0. The summed E-state index contributed by atoms with van der Waals surface area (Å²) < 4.78 is 5.62. The first-order valence-electron chi connectivity index (χ1n) is 6.18. The van der Waals surface area contributed by atoms with Crippen molar-refractivity contribution in [2.24, 2.45) is 0 Å². The first-order valence-corrected chi connectivity index (χ1v) is 6.18. The maximum absolute atomic E-state index is 5.62. The van der Waals surface area contributed by atoms with E-state index in [1.807, 2.05) is 0 Å². The Morgan fingerprint density at radius 2 is 2.00 bits per heavy atom. The molecular formula is C12H25NO. The van der Waals surface area contributed by atoms with Crippen molar-refractivity contribution >= 4 is 0 Å². The molecule has 14 heavy (non-hydrogen) atoms. The van der Waals surface area contributed by atoms with Crippen LogP contribution in [0.25, 0.3) is 0 Å². The van der Waals surface area contributed by atoms with Gasteiger partial charge in [0, 0.05) is 19.2 Å². The van der Waals surface area contributed by atoms with E-state index in [2.05, 4.69) is 19.2 Å². The summed E-state index contributed by atoms with van der Waals surface area (Å²) in [6, 6.07) is 0.761. The van der Waals surface area contributed by atoms with Gasteiger partial charge in [0.25, 0.3) is 0 Å². The van der Waals surface area contributed by atoms with E-state index in [9.17, 15) is 0 Å². The number of rotatable bonds is 6. The Balaban J connectivity index is 2.00. The van der Waals surface area contributed by atoms with Gasteiger partial charge >= 0.3 is 0 Å². The molecule has 1 N–H and O–H groups in total. The number of hydrogen-bond acceptors (Lipinski definition) is 2. The van der Waals surface area contributed by atoms with E-state index in [0.717, 1.165) is 25.6 Å². The quantitative estimate of drug-likeness (QED) is 0.710. The van der Waals surface area contributed by atoms with Gasteiger partial charge in [-0.1, -0.05) is 26.2 Å². The minimum Gasteiger partial charge on any atom is -0.377 e. The lowest BCUT2D eigenvalue weighted by Gasteiger charge is -2.24. The lowest BCUT2D eigenvalue weighted by Crippen LogP contribution is -2.36. The summed E-state index contributed by atoms with van der Waals surface area (Å²) in [4.78, 5) is 0. The van der Waals surface area contributed by atoms with Gasteiger partial charge < -0.3 is 10.1 Å². The number of ether oxygens (including phenoxy) is 1. The molecule has 0 bridgehead atoms. The Morgan fingerprint density at radius 1 is 1.29 bits per heavy atom. The minimum atomic E-state index is 0.372. The minimum absolute atomic E-state index is 0.372. The van der Waals surface area contributed by atoms with E-state index in [0.29, 0.717) is 6.10 Å². The average molecular weight is 199 g/mol. The average Bonchev–Trinajstić information content (AvgIpc) is 2.25. The summed E-state index contributed by atoms with van der Waals surface area (Å²) in [6.45, 7) is 6.23. The smallest absolute Gasteiger partial charge is 0.0671 e. The zero-order valence-electron chi connectivity index (χ0n) is 9.72. The number of hydrogen-bond donors (Lipinski definition) is 1. The molecule has 2 heteroatoms. The molecule has 1 aliphatic carbocycles. The van der Waals surface area contributed by atoms with Gasteiger partial charge in [0.1, 0.15) is 0 Å². The normalized spacial score (nSPS) is 21.0. The first kappa shape index (κ1) is 12.0. The van der Waals surface area contributed by atoms with Crippen LogP contribution in [0.1, 0.15) is 52.4 Å². The molecule has 0 aliphatic heterocycles. The topological polar surface area (TPSA) is 21.3 Å². The molecule has 0 aromatic rings. The molecule has 1 saturated carbocycles. The van der Waals surface area contributed by atoms with Gasteiger partial charge in [-0.15, -0.1) is 0 Å². The predicted octanol–water partition coefficient (Wildman–Crippen LogP) is 2.72. The van der Waals surface area contributed by atoms with Gasteiger partial charge in [-0.25, -0.2) is 0 Å². The van der Waals surface area contributed by atoms with Crippen LogP contribution < -0.4 is 5.32 Å². The summed E-state index contributed by atoms with van der Waals surface area (Å²) in [5.41, 5.74) is 0. The van der Waals surface area contributed by atoms with Crippen molar-refractivity contribution in [3.63, 3.8) is 0 Å². The molecule has 0 radical (unpaired) electrons. The van der Waals surface area contributed by atoms with E-state index < -0.39 is 0 Å². The second kappa shape index (κ2) is 7.24. The van der Waals surface area contributed by atoms with Gasteiger partial charge in [-0.2, -0.15) is 0 Å². The molecule has 0 heterocycles. The largest absolute Gasteiger partial charge is 0.377 e. The third kappa shape index (κ3) is 4.97. The molecule has 0 amide bonds. The molecule has 1 unspecified atom stereocenters. The van der Waals surface area contributed by atoms with Crippen LogP contribution in [0.5, 0.6) is 0 Å². The lowest BCUT2D eigenvalue weighted by atomic mass is 9.95. The fourth-order valence-electron chi connectivity index (χ4n) is 2.02. The second-order valence-corrected chi connectivity index (χ2v) is 4.42. The molecule has 0 spiro atoms. The Labute approximate surface area is 88.4 Å². The summed E-state index contributed by atoms with van der Waals surface area (Å²) in [7, 11) is 0. The van der Waals surface area contributed by atoms with Crippen LogP contribution in [0.3, 0.4) is 0 Å². The van der Waals surface area contributed by atoms with Crippen molar-refractivity contribution in [3.05, 3.63) is 0 Å². The van der Waals surface area contributed by atoms with Crippen LogP contribution in [0.15, 0.2) is 0 Å². The van der Waals surface area contributed by atoms with Crippen molar-refractivity contribution in [1.29, 1.82) is 0 Å². The standard InChI is InChI=1S/C12H25NO/c1-3-9-14-11(2)10-13-12-7-5-4-6-8-12/h11-13H,3-10H2,1-2H3. The SMILES string of the molecule is CCCOC(C)CNC1CCCCC1. The van der Waals surface area contributed by atoms with Gasteiger partial charge in [0.2, 0.25) is 0 Å². The van der Waals surface area contributed by atoms with Crippen molar-refractivity contribution in [3.8, 4) is 0 Å². The Morgan fingerprint density at radius 3 is 2.64 bits per heavy atom. The fourth-order valence-corrected chi connectivity index (χ4v) is 2.02. The molecule has 84 valence electrons. The van der Waals surface area contributed by atoms with Gasteiger partial charge in [0.15, 0.2) is 0 Å². The van der Waals surface area contributed by atoms with Crippen molar-refractivity contribution in [2.45, 2.75) is 64.5 Å². The van der Waals surface area contributed by atoms with Crippen LogP contribution >= 0.6 is 0 Å². The van der Waals surface area contributed by atoms with Gasteiger partial charge in [-0.05, 0) is 26.2 Å². The van der Waals surface area contributed by atoms with Gasteiger partial charge in [0.05, 0.1) is 6.10 Å². The molecule has 1 atom stereocenters. The highest BCUT2D eigenvalue weighted by atomic mass is 16.5. The Kier molecular flexibility index (Phi) is 6.20. The maximum Gasteiger partial charge on any atom is 0.0671 e. The van der Waals surface area contributed by atoms with E-state index in [-0.39, 0.29) is 0 Å². The lowest BCUT2D eigenvalue weighted by molar-refractivity contribution is 0.0633. The van der Waals surface area contributed by atoms with Crippen molar-refractivity contribution < 1.29 is 4.74 Å². The van der Waals surface area contributed by atoms with Crippen LogP contribution in [0.2, 0.25) is 0 Å². The van der Waals surface area contributed by atoms with Crippen LogP contribution in [0, 0.1) is 0 Å². The summed E-state index contributed by atoms with van der Waals surface area (Å²) >= 11 is 0. The zero-order valence-corrected chi connectivity index (χ0v) is 9.72. The highest BCUT2D eigenvalue weighted by molar-refractivity contribution is 4.72. The molecule has 0 aromatic heterocycles. The Hall–Kier alpha value is -0.0800. The first-order chi connectivity index (χ1) is 6.83. The molecule has 1 fully saturated rings. The van der Waals surface area contributed by atoms with Crippen molar-refractivity contribution in [1.82, 2.24) is 5.32 Å². The predicted molar refractivity (Wildman–Crippen MR) is 60.6 cm³/mol. The third-order valence-corrected chi connectivity index (χ3v) is 2.91. The zero-order chi connectivity index (χ0) is 10.2. The second-order valence-electron chi connectivity index (χ2n) is 4.42. The summed E-state index contributed by atoms with van der Waals surface area (Å²) in [6.07, 6.45) is 8.45. The van der Waals surface area contributed by atoms with Crippen molar-refractivity contribution in [2.75, 3.05) is 13.2 Å². The summed E-state index contributed by atoms with van der Waals surface area (Å²) in [5, 5.41) is 3.61. The monoisotopic (exact) mass is 199 g/mol. The van der Waals surface area contributed by atoms with E-state index in [4.69, 9.17) is 4.74 Å². The maximum atomic E-state index is 5.62. The highest BCUT2D eigenvalue weighted by Crippen LogP contribution is 2.17. The van der Waals surface area contributed by atoms with Crippen LogP contribution in [0.4, 0.5) is 0 Å². The number of nitrogens with one attached hydrogen (secondary N) is 1. The third-order valence-electron chi connectivity index (χ3n) is 2.91. The van der Waals surface area contributed by atoms with Crippen LogP contribution in [-0.4, -0.2) is 25.3 Å². The Bertz CT molecular complexity index is 132. The molecule has 0 aromatic carbocycles. The molecular weight excluding hydrogens is 174 g/mol. The fraction of sp³-hybridized carbons (Fsp3) is 1.00. The molecule has 1 rings (SSSR count). The van der Waals surface area contributed by atoms with Crippen LogP contribution in [-0.2, 0) is 4.74 Å². The molecule has 0 saturated heterocycles.